The molecule has 0 radical (unpaired) electrons. The first-order valence-electron chi connectivity index (χ1n) is 9.46. The smallest absolute Gasteiger partial charge is 0.237 e. The lowest BCUT2D eigenvalue weighted by molar-refractivity contribution is 0.298. The summed E-state index contributed by atoms with van der Waals surface area (Å²) in [4.78, 5) is 9.84. The van der Waals surface area contributed by atoms with Gasteiger partial charge >= 0.3 is 0 Å². The quantitative estimate of drug-likeness (QED) is 0.694. The average Bonchev–Trinajstić information content (AvgIpc) is 2.94. The van der Waals surface area contributed by atoms with E-state index in [0.29, 0.717) is 25.1 Å². The van der Waals surface area contributed by atoms with Crippen LogP contribution >= 0.6 is 0 Å². The van der Waals surface area contributed by atoms with Gasteiger partial charge in [0.2, 0.25) is 5.90 Å². The second kappa shape index (κ2) is 7.43. The number of hydrogen-bond acceptors (Lipinski definition) is 4. The normalized spacial score (nSPS) is 25.3. The van der Waals surface area contributed by atoms with E-state index in [0.717, 1.165) is 24.8 Å². The van der Waals surface area contributed by atoms with Gasteiger partial charge in [-0.25, -0.2) is 4.99 Å². The van der Waals surface area contributed by atoms with Gasteiger partial charge in [0, 0.05) is 17.2 Å². The van der Waals surface area contributed by atoms with Gasteiger partial charge in [-0.05, 0) is 25.4 Å². The summed E-state index contributed by atoms with van der Waals surface area (Å²) in [7, 11) is 0. The Hall–Kier alpha value is -1.16. The minimum atomic E-state index is -2.15. The molecule has 106 valence electrons. The van der Waals surface area contributed by atoms with Gasteiger partial charge in [0.05, 0.1) is 9.30 Å². The molecule has 0 N–H and O–H groups in total. The second-order valence-electron chi connectivity index (χ2n) is 4.75. The van der Waals surface area contributed by atoms with E-state index in [2.05, 4.69) is 16.9 Å². The predicted molar refractivity (Wildman–Crippen MR) is 80.0 cm³/mol. The molecule has 0 aliphatic carbocycles. The van der Waals surface area contributed by atoms with Crippen LogP contribution in [0.25, 0.3) is 0 Å². The summed E-state index contributed by atoms with van der Waals surface area (Å²) in [5, 5.41) is 0. The standard InChI is InChI=1S/C15H25N3O/c1-3-4-5-6-10-19-15-14(16-12-17-15)13-8-7-9-18(2)11-13/h8H,3-7,9-12H2,1-2H3/i2D3,10D2. The maximum atomic E-state index is 8.00. The molecule has 0 bridgehead atoms. The van der Waals surface area contributed by atoms with Crippen molar-refractivity contribution in [1.29, 1.82) is 0 Å². The number of unbranched alkanes of at least 4 members (excludes halogenated alkanes) is 2. The number of hydrogen-bond donors (Lipinski definition) is 0. The fourth-order valence-electron chi connectivity index (χ4n) is 2.11. The SMILES string of the molecule is [2H]C([2H])(CCCCC)OC1=NCN=C1C1=CCCN(C([2H])([2H])[2H])C1. The summed E-state index contributed by atoms with van der Waals surface area (Å²) < 4.78 is 44.1. The number of ether oxygens (including phenoxy) is 1. The van der Waals surface area contributed by atoms with Crippen molar-refractivity contribution >= 4 is 11.6 Å². The molecule has 0 aromatic carbocycles. The van der Waals surface area contributed by atoms with Crippen LogP contribution in [0.3, 0.4) is 0 Å². The molecule has 2 aliphatic rings. The lowest BCUT2D eigenvalue weighted by Gasteiger charge is -2.23. The molecule has 0 aromatic heterocycles. The zero-order valence-electron chi connectivity index (χ0n) is 16.5. The van der Waals surface area contributed by atoms with E-state index >= 15 is 0 Å². The Balaban J connectivity index is 2.01. The zero-order valence-corrected chi connectivity index (χ0v) is 11.5. The molecule has 0 atom stereocenters. The largest absolute Gasteiger partial charge is 0.476 e. The molecule has 0 amide bonds. The van der Waals surface area contributed by atoms with Crippen LogP contribution in [0.5, 0.6) is 0 Å². The van der Waals surface area contributed by atoms with Crippen LogP contribution in [0.1, 0.15) is 45.9 Å². The van der Waals surface area contributed by atoms with Crippen LogP contribution in [0.15, 0.2) is 21.6 Å². The fourth-order valence-corrected chi connectivity index (χ4v) is 2.11. The van der Waals surface area contributed by atoms with E-state index in [-0.39, 0.29) is 19.1 Å². The number of rotatable bonds is 6. The van der Waals surface area contributed by atoms with Gasteiger partial charge in [-0.15, -0.1) is 0 Å². The maximum Gasteiger partial charge on any atom is 0.237 e. The third-order valence-corrected chi connectivity index (χ3v) is 3.15. The summed E-state index contributed by atoms with van der Waals surface area (Å²) >= 11 is 0. The van der Waals surface area contributed by atoms with Crippen molar-refractivity contribution in [2.24, 2.45) is 9.98 Å². The highest BCUT2D eigenvalue weighted by Crippen LogP contribution is 2.14. The highest BCUT2D eigenvalue weighted by molar-refractivity contribution is 6.46. The van der Waals surface area contributed by atoms with Crippen molar-refractivity contribution in [1.82, 2.24) is 4.90 Å². The molecule has 2 aliphatic heterocycles. The van der Waals surface area contributed by atoms with Gasteiger partial charge in [-0.1, -0.05) is 32.3 Å². The molecule has 2 rings (SSSR count). The summed E-state index contributed by atoms with van der Waals surface area (Å²) in [6.45, 7) is -0.964. The van der Waals surface area contributed by atoms with E-state index in [1.807, 2.05) is 6.08 Å². The van der Waals surface area contributed by atoms with E-state index in [9.17, 15) is 0 Å². The van der Waals surface area contributed by atoms with Crippen LogP contribution < -0.4 is 0 Å². The first-order valence-corrected chi connectivity index (χ1v) is 6.96. The Morgan fingerprint density at radius 2 is 2.37 bits per heavy atom. The minimum Gasteiger partial charge on any atom is -0.476 e. The topological polar surface area (TPSA) is 37.2 Å². The predicted octanol–water partition coefficient (Wildman–Crippen LogP) is 2.66. The van der Waals surface area contributed by atoms with Crippen molar-refractivity contribution in [2.75, 3.05) is 33.3 Å². The second-order valence-corrected chi connectivity index (χ2v) is 4.75. The number of aliphatic imine (C=N–C) groups is 2. The summed E-state index contributed by atoms with van der Waals surface area (Å²) in [6.07, 6.45) is 5.57. The number of nitrogens with zero attached hydrogens (tertiary/aromatic N) is 3. The summed E-state index contributed by atoms with van der Waals surface area (Å²) in [5.41, 5.74) is 1.24. The molecule has 0 saturated heterocycles. The fraction of sp³-hybridized carbons (Fsp3) is 0.733. The molecular formula is C15H25N3O. The first-order chi connectivity index (χ1) is 11.2. The van der Waals surface area contributed by atoms with E-state index < -0.39 is 13.5 Å². The minimum absolute atomic E-state index is 0.190. The van der Waals surface area contributed by atoms with Crippen LogP contribution in [-0.4, -0.2) is 49.8 Å². The average molecular weight is 268 g/mol. The van der Waals surface area contributed by atoms with Crippen molar-refractivity contribution in [2.45, 2.75) is 39.0 Å². The van der Waals surface area contributed by atoms with E-state index in [1.54, 1.807) is 0 Å². The van der Waals surface area contributed by atoms with Gasteiger partial charge in [-0.2, -0.15) is 0 Å². The lowest BCUT2D eigenvalue weighted by Crippen LogP contribution is -2.31. The van der Waals surface area contributed by atoms with Crippen molar-refractivity contribution < 1.29 is 11.6 Å². The van der Waals surface area contributed by atoms with Crippen LogP contribution in [0.2, 0.25) is 0 Å². The Kier molecular flexibility index (Phi) is 3.48. The van der Waals surface area contributed by atoms with Gasteiger partial charge in [-0.3, -0.25) is 4.99 Å². The Bertz CT molecular complexity index is 540. The summed E-state index contributed by atoms with van der Waals surface area (Å²) in [5.74, 6) is 0.190. The van der Waals surface area contributed by atoms with Gasteiger partial charge in [0.25, 0.3) is 0 Å². The van der Waals surface area contributed by atoms with Crippen molar-refractivity contribution in [3.63, 3.8) is 0 Å². The van der Waals surface area contributed by atoms with Crippen LogP contribution in [-0.2, 0) is 4.74 Å². The third-order valence-electron chi connectivity index (χ3n) is 3.15. The molecule has 19 heavy (non-hydrogen) atoms. The Morgan fingerprint density at radius 1 is 1.42 bits per heavy atom. The Labute approximate surface area is 123 Å². The molecule has 0 saturated carbocycles. The molecule has 2 heterocycles. The molecule has 4 heteroatoms. The lowest BCUT2D eigenvalue weighted by atomic mass is 10.1. The number of likely N-dealkylation sites (N-methyl/N-ethyl adjacent to an activating group) is 1. The molecule has 4 nitrogen and oxygen atoms in total. The van der Waals surface area contributed by atoms with E-state index in [1.165, 1.54) is 4.90 Å². The molecule has 0 spiro atoms. The van der Waals surface area contributed by atoms with Gasteiger partial charge in [0.1, 0.15) is 12.4 Å². The zero-order chi connectivity index (χ0) is 17.8. The molecule has 0 aromatic rings. The highest BCUT2D eigenvalue weighted by atomic mass is 16.5. The first kappa shape index (κ1) is 8.90. The van der Waals surface area contributed by atoms with Crippen molar-refractivity contribution in [3.05, 3.63) is 11.6 Å². The van der Waals surface area contributed by atoms with Gasteiger partial charge in [0.15, 0.2) is 0 Å². The van der Waals surface area contributed by atoms with Crippen LogP contribution in [0.4, 0.5) is 0 Å². The van der Waals surface area contributed by atoms with Crippen LogP contribution in [0, 0.1) is 0 Å². The van der Waals surface area contributed by atoms with Crippen molar-refractivity contribution in [3.8, 4) is 0 Å². The summed E-state index contributed by atoms with van der Waals surface area (Å²) in [6, 6.07) is 0. The third kappa shape index (κ3) is 4.16. The van der Waals surface area contributed by atoms with E-state index in [4.69, 9.17) is 11.6 Å². The Morgan fingerprint density at radius 3 is 3.21 bits per heavy atom. The molecule has 0 unspecified atom stereocenters. The monoisotopic (exact) mass is 268 g/mol. The van der Waals surface area contributed by atoms with Gasteiger partial charge < -0.3 is 9.64 Å². The maximum absolute atomic E-state index is 8.00. The highest BCUT2D eigenvalue weighted by Gasteiger charge is 2.22. The molecule has 0 fully saturated rings. The molecular weight excluding hydrogens is 238 g/mol.